The van der Waals surface area contributed by atoms with Gasteiger partial charge in [0, 0.05) is 11.3 Å². The molecule has 17 heavy (non-hydrogen) atoms. The summed E-state index contributed by atoms with van der Waals surface area (Å²) < 4.78 is 10.6. The molecule has 1 unspecified atom stereocenters. The highest BCUT2D eigenvalue weighted by Crippen LogP contribution is 2.39. The number of para-hydroxylation sites is 1. The van der Waals surface area contributed by atoms with Crippen molar-refractivity contribution in [2.24, 2.45) is 5.41 Å². The first kappa shape index (κ1) is 12.4. The summed E-state index contributed by atoms with van der Waals surface area (Å²) in [5.74, 6) is 0.982. The second-order valence-electron chi connectivity index (χ2n) is 5.13. The maximum atomic E-state index is 9.59. The van der Waals surface area contributed by atoms with Gasteiger partial charge in [0.25, 0.3) is 0 Å². The van der Waals surface area contributed by atoms with Gasteiger partial charge in [0.05, 0.1) is 26.9 Å². The molecule has 1 aromatic rings. The molecule has 1 atom stereocenters. The lowest BCUT2D eigenvalue weighted by Crippen LogP contribution is -2.41. The van der Waals surface area contributed by atoms with Gasteiger partial charge in [-0.25, -0.2) is 0 Å². The van der Waals surface area contributed by atoms with Gasteiger partial charge >= 0.3 is 0 Å². The van der Waals surface area contributed by atoms with Crippen LogP contribution in [0.25, 0.3) is 0 Å². The van der Waals surface area contributed by atoms with Gasteiger partial charge in [0.15, 0.2) is 0 Å². The minimum Gasteiger partial charge on any atom is -0.496 e. The van der Waals surface area contributed by atoms with Crippen molar-refractivity contribution in [2.75, 3.05) is 26.9 Å². The summed E-state index contributed by atoms with van der Waals surface area (Å²) >= 11 is 0. The van der Waals surface area contributed by atoms with Gasteiger partial charge in [-0.15, -0.1) is 0 Å². The highest BCUT2D eigenvalue weighted by molar-refractivity contribution is 5.36. The summed E-state index contributed by atoms with van der Waals surface area (Å²) in [5.41, 5.74) is 1.29. The van der Waals surface area contributed by atoms with E-state index in [0.29, 0.717) is 0 Å². The molecular weight excluding hydrogens is 216 g/mol. The Morgan fingerprint density at radius 1 is 1.41 bits per heavy atom. The summed E-state index contributed by atoms with van der Waals surface area (Å²) in [7, 11) is 1.67. The fourth-order valence-electron chi connectivity index (χ4n) is 2.44. The number of aliphatic hydroxyl groups is 1. The lowest BCUT2D eigenvalue weighted by molar-refractivity contribution is -0.110. The molecule has 1 aliphatic heterocycles. The molecule has 1 heterocycles. The fourth-order valence-corrected chi connectivity index (χ4v) is 2.44. The van der Waals surface area contributed by atoms with E-state index in [1.165, 1.54) is 0 Å². The second kappa shape index (κ2) is 5.07. The third kappa shape index (κ3) is 2.61. The third-order valence-electron chi connectivity index (χ3n) is 3.44. The summed E-state index contributed by atoms with van der Waals surface area (Å²) in [6.45, 7) is 3.93. The van der Waals surface area contributed by atoms with Gasteiger partial charge < -0.3 is 14.6 Å². The van der Waals surface area contributed by atoms with Gasteiger partial charge in [0.2, 0.25) is 0 Å². The van der Waals surface area contributed by atoms with Crippen LogP contribution in [-0.4, -0.2) is 32.0 Å². The van der Waals surface area contributed by atoms with E-state index in [4.69, 9.17) is 9.47 Å². The number of benzene rings is 1. The molecule has 0 aliphatic carbocycles. The number of aliphatic hydroxyl groups excluding tert-OH is 1. The Bertz CT molecular complexity index is 371. The van der Waals surface area contributed by atoms with Gasteiger partial charge in [-0.2, -0.15) is 0 Å². The minimum absolute atomic E-state index is 0.125. The van der Waals surface area contributed by atoms with Gasteiger partial charge in [-0.3, -0.25) is 0 Å². The molecular formula is C14H20O3. The largest absolute Gasteiger partial charge is 0.496 e. The Labute approximate surface area is 102 Å². The van der Waals surface area contributed by atoms with Crippen molar-refractivity contribution in [3.05, 3.63) is 29.8 Å². The first-order valence-electron chi connectivity index (χ1n) is 6.00. The molecule has 1 N–H and O–H groups in total. The normalized spacial score (nSPS) is 19.5. The van der Waals surface area contributed by atoms with Crippen LogP contribution in [0.3, 0.4) is 0 Å². The molecule has 94 valence electrons. The molecule has 0 bridgehead atoms. The molecule has 1 aromatic carbocycles. The SMILES string of the molecule is COc1ccccc1C(CO)CC1(C)COC1. The molecule has 0 radical (unpaired) electrons. The highest BCUT2D eigenvalue weighted by atomic mass is 16.5. The third-order valence-corrected chi connectivity index (χ3v) is 3.44. The lowest BCUT2D eigenvalue weighted by Gasteiger charge is -2.40. The van der Waals surface area contributed by atoms with Crippen LogP contribution in [0.5, 0.6) is 5.75 Å². The predicted molar refractivity (Wildman–Crippen MR) is 66.4 cm³/mol. The molecule has 1 saturated heterocycles. The van der Waals surface area contributed by atoms with Crippen molar-refractivity contribution in [3.8, 4) is 5.75 Å². The van der Waals surface area contributed by atoms with Crippen LogP contribution in [0, 0.1) is 5.41 Å². The van der Waals surface area contributed by atoms with Crippen LogP contribution >= 0.6 is 0 Å². The first-order chi connectivity index (χ1) is 8.18. The minimum atomic E-state index is 0.125. The molecule has 1 fully saturated rings. The maximum Gasteiger partial charge on any atom is 0.122 e. The van der Waals surface area contributed by atoms with Crippen molar-refractivity contribution in [3.63, 3.8) is 0 Å². The van der Waals surface area contributed by atoms with E-state index in [1.807, 2.05) is 24.3 Å². The Kier molecular flexibility index (Phi) is 3.69. The molecule has 0 aromatic heterocycles. The number of hydrogen-bond donors (Lipinski definition) is 1. The zero-order valence-corrected chi connectivity index (χ0v) is 10.5. The monoisotopic (exact) mass is 236 g/mol. The van der Waals surface area contributed by atoms with E-state index in [9.17, 15) is 5.11 Å². The molecule has 0 spiro atoms. The van der Waals surface area contributed by atoms with E-state index in [-0.39, 0.29) is 17.9 Å². The highest BCUT2D eigenvalue weighted by Gasteiger charge is 2.36. The van der Waals surface area contributed by atoms with E-state index < -0.39 is 0 Å². The molecule has 2 rings (SSSR count). The topological polar surface area (TPSA) is 38.7 Å². The van der Waals surface area contributed by atoms with Crippen LogP contribution in [0.4, 0.5) is 0 Å². The molecule has 3 nitrogen and oxygen atoms in total. The van der Waals surface area contributed by atoms with E-state index >= 15 is 0 Å². The predicted octanol–water partition coefficient (Wildman–Crippen LogP) is 2.20. The number of methoxy groups -OCH3 is 1. The average Bonchev–Trinajstić information content (AvgIpc) is 2.34. The Morgan fingerprint density at radius 3 is 2.65 bits per heavy atom. The standard InChI is InChI=1S/C14H20O3/c1-14(9-17-10-14)7-11(8-15)12-5-3-4-6-13(12)16-2/h3-6,11,15H,7-10H2,1-2H3. The number of hydrogen-bond acceptors (Lipinski definition) is 3. The lowest BCUT2D eigenvalue weighted by atomic mass is 9.77. The average molecular weight is 236 g/mol. The van der Waals surface area contributed by atoms with Crippen molar-refractivity contribution in [2.45, 2.75) is 19.3 Å². The van der Waals surface area contributed by atoms with Crippen LogP contribution in [-0.2, 0) is 4.74 Å². The summed E-state index contributed by atoms with van der Waals surface area (Å²) in [6.07, 6.45) is 0.934. The van der Waals surface area contributed by atoms with Gasteiger partial charge in [-0.1, -0.05) is 25.1 Å². The molecule has 3 heteroatoms. The van der Waals surface area contributed by atoms with Crippen LogP contribution < -0.4 is 4.74 Å². The van der Waals surface area contributed by atoms with Crippen LogP contribution in [0.15, 0.2) is 24.3 Å². The van der Waals surface area contributed by atoms with Gasteiger partial charge in [0.1, 0.15) is 5.75 Å². The molecule has 0 amide bonds. The van der Waals surface area contributed by atoms with Crippen molar-refractivity contribution < 1.29 is 14.6 Å². The zero-order chi connectivity index (χ0) is 12.3. The summed E-state index contributed by atoms with van der Waals surface area (Å²) in [6, 6.07) is 7.91. The van der Waals surface area contributed by atoms with E-state index in [2.05, 4.69) is 6.92 Å². The second-order valence-corrected chi connectivity index (χ2v) is 5.13. The molecule has 1 aliphatic rings. The fraction of sp³-hybridized carbons (Fsp3) is 0.571. The summed E-state index contributed by atoms with van der Waals surface area (Å²) in [4.78, 5) is 0. The molecule has 0 saturated carbocycles. The van der Waals surface area contributed by atoms with Crippen molar-refractivity contribution >= 4 is 0 Å². The number of ether oxygens (including phenoxy) is 2. The maximum absolute atomic E-state index is 9.59. The summed E-state index contributed by atoms with van der Waals surface area (Å²) in [5, 5.41) is 9.59. The van der Waals surface area contributed by atoms with Crippen molar-refractivity contribution in [1.82, 2.24) is 0 Å². The van der Waals surface area contributed by atoms with Crippen molar-refractivity contribution in [1.29, 1.82) is 0 Å². The van der Waals surface area contributed by atoms with E-state index in [1.54, 1.807) is 7.11 Å². The Morgan fingerprint density at radius 2 is 2.12 bits per heavy atom. The van der Waals surface area contributed by atoms with Gasteiger partial charge in [-0.05, 0) is 18.1 Å². The Hall–Kier alpha value is -1.06. The zero-order valence-electron chi connectivity index (χ0n) is 10.5. The quantitative estimate of drug-likeness (QED) is 0.851. The van der Waals surface area contributed by atoms with Crippen LogP contribution in [0.2, 0.25) is 0 Å². The first-order valence-corrected chi connectivity index (χ1v) is 6.00. The van der Waals surface area contributed by atoms with E-state index in [0.717, 1.165) is 30.9 Å². The smallest absolute Gasteiger partial charge is 0.122 e. The number of rotatable bonds is 5. The Balaban J connectivity index is 2.16. The van der Waals surface area contributed by atoms with Crippen LogP contribution in [0.1, 0.15) is 24.8 Å².